The van der Waals surface area contributed by atoms with Gasteiger partial charge in [0.25, 0.3) is 0 Å². The molecule has 3 rings (SSSR count). The second kappa shape index (κ2) is 7.20. The summed E-state index contributed by atoms with van der Waals surface area (Å²) in [6, 6.07) is 18.8. The van der Waals surface area contributed by atoms with E-state index >= 15 is 0 Å². The molecule has 0 atom stereocenters. The average Bonchev–Trinajstić information content (AvgIpc) is 2.61. The van der Waals surface area contributed by atoms with E-state index in [1.54, 1.807) is 24.3 Å². The van der Waals surface area contributed by atoms with Gasteiger partial charge in [-0.3, -0.25) is 4.79 Å². The third kappa shape index (κ3) is 3.23. The smallest absolute Gasteiger partial charge is 0.196 e. The van der Waals surface area contributed by atoms with Crippen LogP contribution in [-0.4, -0.2) is 5.78 Å². The number of hydrogen-bond donors (Lipinski definition) is 1. The Morgan fingerprint density at radius 1 is 0.958 bits per heavy atom. The largest absolute Gasteiger partial charge is 0.288 e. The van der Waals surface area contributed by atoms with Gasteiger partial charge in [0.1, 0.15) is 5.82 Å². The Hall–Kier alpha value is -2.10. The van der Waals surface area contributed by atoms with Crippen molar-refractivity contribution in [1.82, 2.24) is 0 Å². The number of ketones is 1. The second-order valence-electron chi connectivity index (χ2n) is 5.32. The van der Waals surface area contributed by atoms with Crippen LogP contribution in [0.4, 0.5) is 4.39 Å². The molecule has 0 unspecified atom stereocenters. The second-order valence-corrected chi connectivity index (χ2v) is 6.07. The summed E-state index contributed by atoms with van der Waals surface area (Å²) in [6.07, 6.45) is 0. The standard InChI is InChI=1S/C20H14ClFOS/c21-15-10-14(12-24)19(13-6-2-1-3-7-13)17(11-15)20(23)16-8-4-5-9-18(16)22/h1-11,24H,12H2. The minimum atomic E-state index is -0.547. The minimum absolute atomic E-state index is 0.0297. The molecule has 3 aromatic carbocycles. The first-order chi connectivity index (χ1) is 11.6. The van der Waals surface area contributed by atoms with Crippen molar-refractivity contribution in [1.29, 1.82) is 0 Å². The van der Waals surface area contributed by atoms with E-state index in [2.05, 4.69) is 12.6 Å². The molecule has 0 aliphatic carbocycles. The highest BCUT2D eigenvalue weighted by Crippen LogP contribution is 2.33. The predicted octanol–water partition coefficient (Wildman–Crippen LogP) is 5.81. The van der Waals surface area contributed by atoms with Gasteiger partial charge in [-0.1, -0.05) is 54.1 Å². The van der Waals surface area contributed by atoms with E-state index in [4.69, 9.17) is 11.6 Å². The van der Waals surface area contributed by atoms with Crippen molar-refractivity contribution in [3.8, 4) is 11.1 Å². The Bertz CT molecular complexity index is 893. The molecule has 24 heavy (non-hydrogen) atoms. The number of thiol groups is 1. The Morgan fingerprint density at radius 2 is 1.62 bits per heavy atom. The van der Waals surface area contributed by atoms with Crippen molar-refractivity contribution in [3.05, 3.63) is 94.3 Å². The molecule has 0 aliphatic heterocycles. The van der Waals surface area contributed by atoms with Gasteiger partial charge >= 0.3 is 0 Å². The third-order valence-electron chi connectivity index (χ3n) is 3.78. The highest BCUT2D eigenvalue weighted by Gasteiger charge is 2.21. The Labute approximate surface area is 150 Å². The van der Waals surface area contributed by atoms with Crippen LogP contribution in [-0.2, 0) is 5.75 Å². The quantitative estimate of drug-likeness (QED) is 0.461. The molecular formula is C20H14ClFOS. The van der Waals surface area contributed by atoms with Crippen LogP contribution in [0.25, 0.3) is 11.1 Å². The molecule has 0 aliphatic rings. The van der Waals surface area contributed by atoms with E-state index < -0.39 is 11.6 Å². The molecule has 0 spiro atoms. The first-order valence-electron chi connectivity index (χ1n) is 7.39. The molecule has 0 fully saturated rings. The van der Waals surface area contributed by atoms with Crippen LogP contribution in [0.2, 0.25) is 5.02 Å². The lowest BCUT2D eigenvalue weighted by Crippen LogP contribution is -2.08. The van der Waals surface area contributed by atoms with E-state index in [0.717, 1.165) is 16.7 Å². The van der Waals surface area contributed by atoms with Crippen molar-refractivity contribution >= 4 is 30.0 Å². The van der Waals surface area contributed by atoms with Crippen molar-refractivity contribution < 1.29 is 9.18 Å². The fourth-order valence-electron chi connectivity index (χ4n) is 2.70. The molecule has 0 radical (unpaired) electrons. The van der Waals surface area contributed by atoms with Gasteiger partial charge in [-0.05, 0) is 41.0 Å². The number of carbonyl (C=O) groups is 1. The highest BCUT2D eigenvalue weighted by molar-refractivity contribution is 7.79. The zero-order valence-corrected chi connectivity index (χ0v) is 14.3. The Kier molecular flexibility index (Phi) is 5.03. The van der Waals surface area contributed by atoms with Crippen LogP contribution >= 0.6 is 24.2 Å². The molecule has 0 bridgehead atoms. The summed E-state index contributed by atoms with van der Waals surface area (Å²) in [4.78, 5) is 13.0. The van der Waals surface area contributed by atoms with Crippen LogP contribution in [0.1, 0.15) is 21.5 Å². The molecule has 0 saturated heterocycles. The van der Waals surface area contributed by atoms with Gasteiger partial charge in [0.15, 0.2) is 5.78 Å². The van der Waals surface area contributed by atoms with Gasteiger partial charge in [-0.2, -0.15) is 12.6 Å². The SMILES string of the molecule is O=C(c1ccccc1F)c1cc(Cl)cc(CS)c1-c1ccccc1. The molecule has 1 nitrogen and oxygen atoms in total. The summed E-state index contributed by atoms with van der Waals surface area (Å²) >= 11 is 10.5. The first-order valence-corrected chi connectivity index (χ1v) is 8.41. The van der Waals surface area contributed by atoms with E-state index in [9.17, 15) is 9.18 Å². The molecule has 0 aromatic heterocycles. The lowest BCUT2D eigenvalue weighted by Gasteiger charge is -2.15. The van der Waals surface area contributed by atoms with Crippen molar-refractivity contribution in [2.45, 2.75) is 5.75 Å². The zero-order chi connectivity index (χ0) is 17.1. The van der Waals surface area contributed by atoms with Gasteiger partial charge in [0.05, 0.1) is 5.56 Å². The maximum absolute atomic E-state index is 14.1. The summed E-state index contributed by atoms with van der Waals surface area (Å²) < 4.78 is 14.1. The van der Waals surface area contributed by atoms with E-state index in [0.29, 0.717) is 16.3 Å². The average molecular weight is 357 g/mol. The maximum Gasteiger partial charge on any atom is 0.196 e. The first kappa shape index (κ1) is 16.7. The number of carbonyl (C=O) groups excluding carboxylic acids is 1. The van der Waals surface area contributed by atoms with Crippen LogP contribution in [0.5, 0.6) is 0 Å². The summed E-state index contributed by atoms with van der Waals surface area (Å²) in [7, 11) is 0. The van der Waals surface area contributed by atoms with Gasteiger partial charge in [-0.25, -0.2) is 4.39 Å². The Balaban J connectivity index is 2.26. The minimum Gasteiger partial charge on any atom is -0.288 e. The number of benzene rings is 3. The van der Waals surface area contributed by atoms with Crippen LogP contribution in [0.3, 0.4) is 0 Å². The topological polar surface area (TPSA) is 17.1 Å². The summed E-state index contributed by atoms with van der Waals surface area (Å²) in [5.41, 5.74) is 2.85. The number of hydrogen-bond acceptors (Lipinski definition) is 2. The summed E-state index contributed by atoms with van der Waals surface area (Å²) in [6.45, 7) is 0. The fraction of sp³-hybridized carbons (Fsp3) is 0.0500. The molecule has 0 saturated carbocycles. The van der Waals surface area contributed by atoms with Crippen molar-refractivity contribution in [2.75, 3.05) is 0 Å². The molecule has 0 N–H and O–H groups in total. The van der Waals surface area contributed by atoms with Crippen LogP contribution in [0.15, 0.2) is 66.7 Å². The molecule has 0 amide bonds. The predicted molar refractivity (Wildman–Crippen MR) is 99.4 cm³/mol. The normalized spacial score (nSPS) is 10.6. The maximum atomic E-state index is 14.1. The monoisotopic (exact) mass is 356 g/mol. The van der Waals surface area contributed by atoms with Gasteiger partial charge in [-0.15, -0.1) is 0 Å². The lowest BCUT2D eigenvalue weighted by atomic mass is 9.90. The fourth-order valence-corrected chi connectivity index (χ4v) is 3.19. The van der Waals surface area contributed by atoms with Crippen molar-refractivity contribution in [2.24, 2.45) is 0 Å². The number of halogens is 2. The molecule has 120 valence electrons. The van der Waals surface area contributed by atoms with Crippen LogP contribution in [0, 0.1) is 5.82 Å². The molecule has 4 heteroatoms. The number of rotatable bonds is 4. The lowest BCUT2D eigenvalue weighted by molar-refractivity contribution is 0.103. The molecule has 0 heterocycles. The van der Waals surface area contributed by atoms with Crippen LogP contribution < -0.4 is 0 Å². The van der Waals surface area contributed by atoms with E-state index in [1.165, 1.54) is 12.1 Å². The zero-order valence-electron chi connectivity index (χ0n) is 12.7. The van der Waals surface area contributed by atoms with Gasteiger partial charge in [0.2, 0.25) is 0 Å². The summed E-state index contributed by atoms with van der Waals surface area (Å²) in [5, 5.41) is 0.429. The highest BCUT2D eigenvalue weighted by atomic mass is 35.5. The molecule has 3 aromatic rings. The van der Waals surface area contributed by atoms with E-state index in [1.807, 2.05) is 30.3 Å². The van der Waals surface area contributed by atoms with Gasteiger partial charge in [0, 0.05) is 16.3 Å². The molecular weight excluding hydrogens is 343 g/mol. The third-order valence-corrected chi connectivity index (χ3v) is 4.34. The summed E-state index contributed by atoms with van der Waals surface area (Å²) in [5.74, 6) is -0.520. The van der Waals surface area contributed by atoms with Crippen molar-refractivity contribution in [3.63, 3.8) is 0 Å². The Morgan fingerprint density at radius 3 is 2.29 bits per heavy atom. The van der Waals surface area contributed by atoms with E-state index in [-0.39, 0.29) is 5.56 Å². The van der Waals surface area contributed by atoms with Gasteiger partial charge < -0.3 is 0 Å².